The monoisotopic (exact) mass is 562 g/mol. The molecular formula is C28H33BrF2N2O3. The lowest BCUT2D eigenvalue weighted by Crippen LogP contribution is -2.55. The minimum Gasteiger partial charge on any atom is -0.385 e. The molecule has 1 saturated heterocycles. The fraction of sp³-hybridized carbons (Fsp3) is 0.536. The number of benzene rings is 2. The maximum absolute atomic E-state index is 14.3. The largest absolute Gasteiger partial charge is 0.385 e. The molecule has 1 N–H and O–H groups in total. The quantitative estimate of drug-likeness (QED) is 0.452. The Morgan fingerprint density at radius 1 is 1.25 bits per heavy atom. The third-order valence-corrected chi connectivity index (χ3v) is 8.72. The summed E-state index contributed by atoms with van der Waals surface area (Å²) in [6, 6.07) is 6.96. The lowest BCUT2D eigenvalue weighted by Gasteiger charge is -2.43. The van der Waals surface area contributed by atoms with Crippen molar-refractivity contribution in [2.24, 2.45) is 5.92 Å². The predicted molar refractivity (Wildman–Crippen MR) is 136 cm³/mol. The molecule has 8 heteroatoms. The van der Waals surface area contributed by atoms with Crippen LogP contribution in [-0.4, -0.2) is 43.7 Å². The molecule has 1 aliphatic carbocycles. The van der Waals surface area contributed by atoms with Crippen molar-refractivity contribution in [1.82, 2.24) is 10.2 Å². The van der Waals surface area contributed by atoms with Crippen LogP contribution < -0.4 is 5.32 Å². The van der Waals surface area contributed by atoms with Crippen LogP contribution in [0.1, 0.15) is 53.5 Å². The molecule has 194 valence electrons. The summed E-state index contributed by atoms with van der Waals surface area (Å²) in [5.74, 6) is -2.27. The van der Waals surface area contributed by atoms with Crippen LogP contribution >= 0.6 is 15.9 Å². The average molecular weight is 563 g/mol. The third-order valence-electron chi connectivity index (χ3n) is 7.90. The highest BCUT2D eigenvalue weighted by molar-refractivity contribution is 9.10. The third kappa shape index (κ3) is 4.85. The maximum atomic E-state index is 14.3. The minimum atomic E-state index is -0.932. The molecule has 0 radical (unpaired) electrons. The zero-order chi connectivity index (χ0) is 25.4. The molecule has 2 aromatic carbocycles. The summed E-state index contributed by atoms with van der Waals surface area (Å²) in [4.78, 5) is 16.1. The van der Waals surface area contributed by atoms with Gasteiger partial charge in [0.25, 0.3) is 0 Å². The van der Waals surface area contributed by atoms with Gasteiger partial charge in [0.2, 0.25) is 5.91 Å². The Hall–Kier alpha value is -1.87. The van der Waals surface area contributed by atoms with Crippen molar-refractivity contribution in [1.29, 1.82) is 0 Å². The summed E-state index contributed by atoms with van der Waals surface area (Å²) in [6.45, 7) is 4.61. The molecule has 2 heterocycles. The smallest absolute Gasteiger partial charge is 0.230 e. The number of halogens is 3. The highest BCUT2D eigenvalue weighted by Gasteiger charge is 2.53. The fourth-order valence-corrected chi connectivity index (χ4v) is 6.30. The Balaban J connectivity index is 1.43. The van der Waals surface area contributed by atoms with Crippen LogP contribution in [0.5, 0.6) is 0 Å². The molecule has 0 aromatic heterocycles. The minimum absolute atomic E-state index is 0.0138. The molecule has 1 amide bonds. The summed E-state index contributed by atoms with van der Waals surface area (Å²) in [5, 5.41) is 3.34. The molecule has 2 aliphatic heterocycles. The Kier molecular flexibility index (Phi) is 7.50. The first-order valence-electron chi connectivity index (χ1n) is 12.7. The van der Waals surface area contributed by atoms with E-state index in [1.807, 2.05) is 4.90 Å². The number of hydrogen-bond acceptors (Lipinski definition) is 4. The van der Waals surface area contributed by atoms with Gasteiger partial charge in [0.1, 0.15) is 5.60 Å². The Bertz CT molecular complexity index is 1160. The molecule has 2 fully saturated rings. The van der Waals surface area contributed by atoms with E-state index < -0.39 is 23.2 Å². The van der Waals surface area contributed by atoms with Crippen molar-refractivity contribution in [2.75, 3.05) is 26.8 Å². The number of amides is 1. The predicted octanol–water partition coefficient (Wildman–Crippen LogP) is 5.14. The second-order valence-corrected chi connectivity index (χ2v) is 11.1. The topological polar surface area (TPSA) is 50.8 Å². The number of nitrogens with zero attached hydrogens (tertiary/aromatic N) is 1. The van der Waals surface area contributed by atoms with Crippen LogP contribution in [0.2, 0.25) is 0 Å². The van der Waals surface area contributed by atoms with Gasteiger partial charge in [-0.3, -0.25) is 4.79 Å². The van der Waals surface area contributed by atoms with Gasteiger partial charge >= 0.3 is 0 Å². The number of ether oxygens (including phenoxy) is 2. The van der Waals surface area contributed by atoms with E-state index in [2.05, 4.69) is 40.3 Å². The number of aryl methyl sites for hydroxylation is 1. The van der Waals surface area contributed by atoms with Crippen LogP contribution in [0.4, 0.5) is 8.78 Å². The van der Waals surface area contributed by atoms with Crippen LogP contribution in [0.15, 0.2) is 28.7 Å². The van der Waals surface area contributed by atoms with Gasteiger partial charge in [0, 0.05) is 37.3 Å². The van der Waals surface area contributed by atoms with Crippen molar-refractivity contribution in [3.05, 3.63) is 68.2 Å². The lowest BCUT2D eigenvalue weighted by molar-refractivity contribution is -0.157. The summed E-state index contributed by atoms with van der Waals surface area (Å²) >= 11 is 3.71. The van der Waals surface area contributed by atoms with E-state index in [1.165, 1.54) is 23.3 Å². The molecule has 0 bridgehead atoms. The van der Waals surface area contributed by atoms with Gasteiger partial charge in [-0.15, -0.1) is 0 Å². The van der Waals surface area contributed by atoms with Gasteiger partial charge in [-0.05, 0) is 91.6 Å². The van der Waals surface area contributed by atoms with E-state index in [0.717, 1.165) is 35.7 Å². The number of rotatable bonds is 8. The molecule has 0 unspecified atom stereocenters. The number of hydrogen-bond donors (Lipinski definition) is 1. The van der Waals surface area contributed by atoms with Crippen molar-refractivity contribution >= 4 is 21.8 Å². The molecule has 5 nitrogen and oxygen atoms in total. The standard InChI is InChI=1S/C28H33BrF2N2O3/c1-17-19(4-3-9-35-2)10-18(11-24(17)29)15-33(21-5-6-21)27(34)23-14-32-8-7-28(23)22-13-26(31)25(30)12-20(22)16-36-28/h10-13,21,23,32H,3-9,14-16H2,1-2H3/t23-,28+/m1/s1. The van der Waals surface area contributed by atoms with Crippen LogP contribution in [0.3, 0.4) is 0 Å². The summed E-state index contributed by atoms with van der Waals surface area (Å²) in [5.41, 5.74) is 3.86. The molecule has 2 atom stereocenters. The van der Waals surface area contributed by atoms with E-state index in [-0.39, 0.29) is 18.6 Å². The maximum Gasteiger partial charge on any atom is 0.230 e. The number of carbonyl (C=O) groups excluding carboxylic acids is 1. The van der Waals surface area contributed by atoms with Crippen LogP contribution in [-0.2, 0) is 39.4 Å². The van der Waals surface area contributed by atoms with E-state index in [0.29, 0.717) is 43.8 Å². The molecule has 3 aliphatic rings. The van der Waals surface area contributed by atoms with Crippen molar-refractivity contribution in [2.45, 2.75) is 63.8 Å². The number of methoxy groups -OCH3 is 1. The molecule has 36 heavy (non-hydrogen) atoms. The normalized spacial score (nSPS) is 23.2. The first kappa shape index (κ1) is 25.8. The summed E-state index contributed by atoms with van der Waals surface area (Å²) in [6.07, 6.45) is 4.34. The number of fused-ring (bicyclic) bond motifs is 2. The molecule has 5 rings (SSSR count). The first-order chi connectivity index (χ1) is 17.3. The van der Waals surface area contributed by atoms with E-state index in [1.54, 1.807) is 7.11 Å². The average Bonchev–Trinajstić information content (AvgIpc) is 3.66. The number of piperidine rings is 1. The highest BCUT2D eigenvalue weighted by atomic mass is 79.9. The SMILES string of the molecule is COCCCc1cc(CN(C(=O)[C@H]2CNCC[C@@]23OCc2cc(F)c(F)cc23)C2CC2)cc(Br)c1C. The van der Waals surface area contributed by atoms with E-state index in [9.17, 15) is 13.6 Å². The second kappa shape index (κ2) is 10.5. The molecule has 2 aromatic rings. The first-order valence-corrected chi connectivity index (χ1v) is 13.5. The van der Waals surface area contributed by atoms with E-state index in [4.69, 9.17) is 9.47 Å². The van der Waals surface area contributed by atoms with Gasteiger partial charge in [-0.2, -0.15) is 0 Å². The van der Waals surface area contributed by atoms with Crippen molar-refractivity contribution < 1.29 is 23.0 Å². The van der Waals surface area contributed by atoms with Gasteiger partial charge in [0.15, 0.2) is 11.6 Å². The number of nitrogens with one attached hydrogen (secondary N) is 1. The van der Waals surface area contributed by atoms with Gasteiger partial charge < -0.3 is 19.7 Å². The van der Waals surface area contributed by atoms with Crippen molar-refractivity contribution in [3.63, 3.8) is 0 Å². The zero-order valence-corrected chi connectivity index (χ0v) is 22.4. The Morgan fingerprint density at radius 2 is 2.03 bits per heavy atom. The van der Waals surface area contributed by atoms with Crippen LogP contribution in [0.25, 0.3) is 0 Å². The van der Waals surface area contributed by atoms with Gasteiger partial charge in [-0.1, -0.05) is 22.0 Å². The lowest BCUT2D eigenvalue weighted by atomic mass is 9.75. The van der Waals surface area contributed by atoms with Crippen molar-refractivity contribution in [3.8, 4) is 0 Å². The Morgan fingerprint density at radius 3 is 2.78 bits per heavy atom. The van der Waals surface area contributed by atoms with Crippen LogP contribution in [0, 0.1) is 24.5 Å². The summed E-state index contributed by atoms with van der Waals surface area (Å²) < 4.78 is 40.8. The highest BCUT2D eigenvalue weighted by Crippen LogP contribution is 2.48. The fourth-order valence-electron chi connectivity index (χ4n) is 5.75. The van der Waals surface area contributed by atoms with E-state index >= 15 is 0 Å². The molecule has 1 saturated carbocycles. The second-order valence-electron chi connectivity index (χ2n) is 10.3. The Labute approximate surface area is 219 Å². The molecule has 1 spiro atoms. The number of carbonyl (C=O) groups is 1. The van der Waals surface area contributed by atoms with Gasteiger partial charge in [-0.25, -0.2) is 8.78 Å². The van der Waals surface area contributed by atoms with Gasteiger partial charge in [0.05, 0.1) is 12.5 Å². The zero-order valence-electron chi connectivity index (χ0n) is 20.8. The summed E-state index contributed by atoms with van der Waals surface area (Å²) in [7, 11) is 1.71. The molecular weight excluding hydrogens is 530 g/mol.